The third-order valence-corrected chi connectivity index (χ3v) is 6.59. The van der Waals surface area contributed by atoms with Crippen LogP contribution in [0.25, 0.3) is 22.2 Å². The fourth-order valence-corrected chi connectivity index (χ4v) is 4.48. The topological polar surface area (TPSA) is 80.9 Å². The number of carbonyl (C=O) groups excluding carboxylic acids is 1. The number of benzene rings is 1. The first-order chi connectivity index (χ1) is 15.7. The maximum atomic E-state index is 13.3. The Morgan fingerprint density at radius 1 is 1.24 bits per heavy atom. The van der Waals surface area contributed by atoms with Crippen LogP contribution < -0.4 is 11.1 Å². The van der Waals surface area contributed by atoms with Crippen molar-refractivity contribution < 1.29 is 13.6 Å². The van der Waals surface area contributed by atoms with E-state index in [1.807, 2.05) is 50.2 Å². The molecule has 1 aliphatic rings. The van der Waals surface area contributed by atoms with Crippen molar-refractivity contribution in [2.24, 2.45) is 11.8 Å². The standard InChI is InChI=1S/C26H30F2N4O/c1-16-4-3-11-30-23(16)19-5-6-22-20(13-19)14-21(24(29)32-22)12-17(2)25(33)31-15-18-7-9-26(27,28)10-8-18/h3-6,11,13-14,17-18H,7-10,12,15H2,1-2H3,(H2,29,32)(H,31,33). The molecule has 0 saturated heterocycles. The van der Waals surface area contributed by atoms with Gasteiger partial charge in [-0.1, -0.05) is 19.1 Å². The Balaban J connectivity index is 1.44. The second-order valence-electron chi connectivity index (χ2n) is 9.26. The van der Waals surface area contributed by atoms with Gasteiger partial charge in [-0.3, -0.25) is 9.78 Å². The fourth-order valence-electron chi connectivity index (χ4n) is 4.48. The van der Waals surface area contributed by atoms with Gasteiger partial charge in [0.1, 0.15) is 5.82 Å². The van der Waals surface area contributed by atoms with Crippen LogP contribution in [0.5, 0.6) is 0 Å². The van der Waals surface area contributed by atoms with E-state index >= 15 is 0 Å². The molecule has 1 aromatic carbocycles. The minimum Gasteiger partial charge on any atom is -0.383 e. The van der Waals surface area contributed by atoms with Crippen molar-refractivity contribution >= 4 is 22.6 Å². The molecule has 0 radical (unpaired) electrons. The molecule has 4 rings (SSSR count). The van der Waals surface area contributed by atoms with E-state index in [1.165, 1.54) is 0 Å². The molecule has 1 fully saturated rings. The lowest BCUT2D eigenvalue weighted by molar-refractivity contribution is -0.124. The lowest BCUT2D eigenvalue weighted by Gasteiger charge is -2.28. The number of nitrogens with one attached hydrogen (secondary N) is 1. The maximum absolute atomic E-state index is 13.3. The zero-order valence-electron chi connectivity index (χ0n) is 19.1. The summed E-state index contributed by atoms with van der Waals surface area (Å²) in [5.41, 5.74) is 10.8. The summed E-state index contributed by atoms with van der Waals surface area (Å²) in [7, 11) is 0. The predicted molar refractivity (Wildman–Crippen MR) is 127 cm³/mol. The molecule has 174 valence electrons. The molecule has 2 aromatic heterocycles. The number of halogens is 2. The van der Waals surface area contributed by atoms with Gasteiger partial charge in [0.25, 0.3) is 0 Å². The van der Waals surface area contributed by atoms with Crippen LogP contribution in [0, 0.1) is 18.8 Å². The number of alkyl halides is 2. The smallest absolute Gasteiger partial charge is 0.248 e. The van der Waals surface area contributed by atoms with E-state index in [1.54, 1.807) is 6.20 Å². The van der Waals surface area contributed by atoms with Crippen molar-refractivity contribution in [3.63, 3.8) is 0 Å². The molecule has 1 saturated carbocycles. The minimum absolute atomic E-state index is 0.0929. The summed E-state index contributed by atoms with van der Waals surface area (Å²) >= 11 is 0. The van der Waals surface area contributed by atoms with E-state index in [9.17, 15) is 13.6 Å². The van der Waals surface area contributed by atoms with Gasteiger partial charge in [0.15, 0.2) is 0 Å². The van der Waals surface area contributed by atoms with Gasteiger partial charge in [-0.2, -0.15) is 0 Å². The van der Waals surface area contributed by atoms with Gasteiger partial charge in [0, 0.05) is 42.5 Å². The first kappa shape index (κ1) is 23.1. The highest BCUT2D eigenvalue weighted by atomic mass is 19.3. The first-order valence-corrected chi connectivity index (χ1v) is 11.5. The number of anilines is 1. The summed E-state index contributed by atoms with van der Waals surface area (Å²) in [6.45, 7) is 4.32. The Morgan fingerprint density at radius 3 is 2.73 bits per heavy atom. The summed E-state index contributed by atoms with van der Waals surface area (Å²) in [5, 5.41) is 3.88. The highest BCUT2D eigenvalue weighted by Crippen LogP contribution is 2.35. The zero-order valence-corrected chi connectivity index (χ0v) is 19.1. The number of hydrogen-bond acceptors (Lipinski definition) is 4. The van der Waals surface area contributed by atoms with E-state index in [2.05, 4.69) is 15.3 Å². The Bertz CT molecular complexity index is 1150. The van der Waals surface area contributed by atoms with Crippen LogP contribution in [-0.4, -0.2) is 28.3 Å². The highest BCUT2D eigenvalue weighted by Gasteiger charge is 2.34. The average Bonchev–Trinajstić information content (AvgIpc) is 2.78. The Kier molecular flexibility index (Phi) is 6.58. The number of fused-ring (bicyclic) bond motifs is 1. The number of rotatable bonds is 6. The number of aromatic nitrogens is 2. The molecule has 2 heterocycles. The van der Waals surface area contributed by atoms with Crippen LogP contribution in [0.2, 0.25) is 0 Å². The molecule has 3 N–H and O–H groups in total. The van der Waals surface area contributed by atoms with Crippen molar-refractivity contribution in [3.05, 3.63) is 53.7 Å². The van der Waals surface area contributed by atoms with Gasteiger partial charge in [0.2, 0.25) is 11.8 Å². The Hall–Kier alpha value is -3.09. The summed E-state index contributed by atoms with van der Waals surface area (Å²) in [6.07, 6.45) is 2.93. The van der Waals surface area contributed by atoms with Crippen molar-refractivity contribution in [1.29, 1.82) is 0 Å². The first-order valence-electron chi connectivity index (χ1n) is 11.5. The molecular weight excluding hydrogens is 422 g/mol. The molecule has 1 atom stereocenters. The number of nitrogens with zero attached hydrogens (tertiary/aromatic N) is 2. The minimum atomic E-state index is -2.55. The Morgan fingerprint density at radius 2 is 2.00 bits per heavy atom. The van der Waals surface area contributed by atoms with E-state index in [-0.39, 0.29) is 30.6 Å². The number of amides is 1. The van der Waals surface area contributed by atoms with Crippen molar-refractivity contribution in [3.8, 4) is 11.3 Å². The molecule has 0 bridgehead atoms. The second kappa shape index (κ2) is 9.41. The molecule has 33 heavy (non-hydrogen) atoms. The molecule has 1 aliphatic carbocycles. The highest BCUT2D eigenvalue weighted by molar-refractivity contribution is 5.86. The van der Waals surface area contributed by atoms with Crippen LogP contribution in [0.4, 0.5) is 14.6 Å². The average molecular weight is 453 g/mol. The van der Waals surface area contributed by atoms with Crippen LogP contribution in [0.1, 0.15) is 43.7 Å². The molecule has 3 aromatic rings. The molecule has 5 nitrogen and oxygen atoms in total. The van der Waals surface area contributed by atoms with Gasteiger partial charge in [0.05, 0.1) is 11.2 Å². The lowest BCUT2D eigenvalue weighted by atomic mass is 9.86. The molecule has 7 heteroatoms. The van der Waals surface area contributed by atoms with E-state index in [0.29, 0.717) is 31.6 Å². The quantitative estimate of drug-likeness (QED) is 0.531. The third-order valence-electron chi connectivity index (χ3n) is 6.59. The molecule has 1 unspecified atom stereocenters. The summed E-state index contributed by atoms with van der Waals surface area (Å²) in [6, 6.07) is 11.9. The van der Waals surface area contributed by atoms with E-state index in [0.717, 1.165) is 33.3 Å². The maximum Gasteiger partial charge on any atom is 0.248 e. The summed E-state index contributed by atoms with van der Waals surface area (Å²) in [5.74, 6) is -2.42. The number of carbonyl (C=O) groups is 1. The van der Waals surface area contributed by atoms with E-state index < -0.39 is 5.92 Å². The fraction of sp³-hybridized carbons (Fsp3) is 0.423. The third kappa shape index (κ3) is 5.46. The van der Waals surface area contributed by atoms with Crippen molar-refractivity contribution in [2.45, 2.75) is 51.9 Å². The summed E-state index contributed by atoms with van der Waals surface area (Å²) < 4.78 is 26.7. The van der Waals surface area contributed by atoms with Gasteiger partial charge in [-0.25, -0.2) is 13.8 Å². The SMILES string of the molecule is Cc1cccnc1-c1ccc2nc(N)c(CC(C)C(=O)NCC3CCC(F)(F)CC3)cc2c1. The monoisotopic (exact) mass is 452 g/mol. The number of nitrogens with two attached hydrogens (primary N) is 1. The van der Waals surface area contributed by atoms with Crippen molar-refractivity contribution in [1.82, 2.24) is 15.3 Å². The number of hydrogen-bond donors (Lipinski definition) is 2. The number of nitrogen functional groups attached to an aromatic ring is 1. The lowest BCUT2D eigenvalue weighted by Crippen LogP contribution is -2.36. The Labute approximate surface area is 192 Å². The number of aryl methyl sites for hydroxylation is 1. The second-order valence-corrected chi connectivity index (χ2v) is 9.26. The van der Waals surface area contributed by atoms with Crippen LogP contribution in [0.15, 0.2) is 42.6 Å². The molecule has 1 amide bonds. The van der Waals surface area contributed by atoms with Gasteiger partial charge < -0.3 is 11.1 Å². The molecular formula is C26H30F2N4O. The number of pyridine rings is 2. The molecule has 0 spiro atoms. The van der Waals surface area contributed by atoms with Crippen LogP contribution in [-0.2, 0) is 11.2 Å². The van der Waals surface area contributed by atoms with Gasteiger partial charge in [-0.15, -0.1) is 0 Å². The largest absolute Gasteiger partial charge is 0.383 e. The van der Waals surface area contributed by atoms with Gasteiger partial charge >= 0.3 is 0 Å². The van der Waals surface area contributed by atoms with Crippen LogP contribution in [0.3, 0.4) is 0 Å². The van der Waals surface area contributed by atoms with Gasteiger partial charge in [-0.05, 0) is 67.5 Å². The normalized spacial score (nSPS) is 17.1. The van der Waals surface area contributed by atoms with Crippen LogP contribution >= 0.6 is 0 Å². The van der Waals surface area contributed by atoms with E-state index in [4.69, 9.17) is 5.73 Å². The predicted octanol–water partition coefficient (Wildman–Crippen LogP) is 5.31. The van der Waals surface area contributed by atoms with Crippen molar-refractivity contribution in [2.75, 3.05) is 12.3 Å². The molecule has 0 aliphatic heterocycles. The summed E-state index contributed by atoms with van der Waals surface area (Å²) in [4.78, 5) is 21.7. The zero-order chi connectivity index (χ0) is 23.6.